The Morgan fingerprint density at radius 2 is 2.12 bits per heavy atom. The van der Waals surface area contributed by atoms with Gasteiger partial charge in [-0.3, -0.25) is 4.79 Å². The van der Waals surface area contributed by atoms with Crippen molar-refractivity contribution < 1.29 is 4.79 Å². The summed E-state index contributed by atoms with van der Waals surface area (Å²) >= 11 is 0. The molecule has 0 bridgehead atoms. The number of hydrogen-bond donors (Lipinski definition) is 2. The fraction of sp³-hybridized carbons (Fsp3) is 0.929. The second-order valence-electron chi connectivity index (χ2n) is 5.69. The van der Waals surface area contributed by atoms with Crippen molar-refractivity contribution in [3.8, 4) is 0 Å². The maximum absolute atomic E-state index is 11.9. The van der Waals surface area contributed by atoms with Gasteiger partial charge in [-0.25, -0.2) is 0 Å². The first kappa shape index (κ1) is 14.5. The zero-order chi connectivity index (χ0) is 12.8. The molecule has 3 nitrogen and oxygen atoms in total. The van der Waals surface area contributed by atoms with E-state index < -0.39 is 0 Å². The first-order chi connectivity index (χ1) is 8.04. The highest BCUT2D eigenvalue weighted by atomic mass is 16.1. The van der Waals surface area contributed by atoms with Crippen molar-refractivity contribution in [1.82, 2.24) is 5.32 Å². The van der Waals surface area contributed by atoms with Crippen LogP contribution in [0.15, 0.2) is 0 Å². The molecule has 0 aromatic rings. The van der Waals surface area contributed by atoms with Crippen molar-refractivity contribution in [3.63, 3.8) is 0 Å². The van der Waals surface area contributed by atoms with Crippen LogP contribution in [0.2, 0.25) is 0 Å². The number of amides is 1. The molecule has 1 saturated carbocycles. The predicted molar refractivity (Wildman–Crippen MR) is 71.6 cm³/mol. The molecule has 17 heavy (non-hydrogen) atoms. The van der Waals surface area contributed by atoms with Crippen molar-refractivity contribution in [2.45, 2.75) is 71.4 Å². The molecule has 0 spiro atoms. The third kappa shape index (κ3) is 4.66. The topological polar surface area (TPSA) is 55.1 Å². The zero-order valence-corrected chi connectivity index (χ0v) is 11.5. The Morgan fingerprint density at radius 3 is 2.76 bits per heavy atom. The molecule has 4 atom stereocenters. The molecule has 0 aliphatic heterocycles. The summed E-state index contributed by atoms with van der Waals surface area (Å²) in [5, 5.41) is 3.17. The third-order valence-corrected chi connectivity index (χ3v) is 4.16. The molecule has 1 amide bonds. The van der Waals surface area contributed by atoms with E-state index in [1.54, 1.807) is 0 Å². The van der Waals surface area contributed by atoms with Crippen LogP contribution in [0.1, 0.15) is 59.3 Å². The summed E-state index contributed by atoms with van der Waals surface area (Å²) in [5.74, 6) is 1.45. The fourth-order valence-corrected chi connectivity index (χ4v) is 2.76. The van der Waals surface area contributed by atoms with Crippen LogP contribution in [0.3, 0.4) is 0 Å². The van der Waals surface area contributed by atoms with Gasteiger partial charge in [-0.05, 0) is 24.7 Å². The Hall–Kier alpha value is -0.570. The van der Waals surface area contributed by atoms with Crippen LogP contribution in [0.25, 0.3) is 0 Å². The second kappa shape index (κ2) is 7.00. The normalized spacial score (nSPS) is 30.9. The minimum atomic E-state index is 0.0244. The lowest BCUT2D eigenvalue weighted by Gasteiger charge is -2.34. The van der Waals surface area contributed by atoms with E-state index in [0.29, 0.717) is 18.4 Å². The molecule has 3 heteroatoms. The number of carbonyl (C=O) groups is 1. The summed E-state index contributed by atoms with van der Waals surface area (Å²) in [6.45, 7) is 6.63. The number of carbonyl (C=O) groups excluding carboxylic acids is 1. The molecule has 1 aliphatic rings. The molecule has 0 aromatic heterocycles. The highest BCUT2D eigenvalue weighted by Crippen LogP contribution is 2.29. The highest BCUT2D eigenvalue weighted by molar-refractivity contribution is 5.76. The van der Waals surface area contributed by atoms with Gasteiger partial charge in [0, 0.05) is 18.5 Å². The van der Waals surface area contributed by atoms with Crippen LogP contribution in [0.5, 0.6) is 0 Å². The first-order valence-corrected chi connectivity index (χ1v) is 7.09. The SMILES string of the molecule is CCCC(N)CC(=O)NC1CCCC(C)C1C. The molecule has 4 unspecified atom stereocenters. The highest BCUT2D eigenvalue weighted by Gasteiger charge is 2.28. The van der Waals surface area contributed by atoms with Gasteiger partial charge in [0.25, 0.3) is 0 Å². The summed E-state index contributed by atoms with van der Waals surface area (Å²) in [6, 6.07) is 0.386. The number of hydrogen-bond acceptors (Lipinski definition) is 2. The molecule has 1 rings (SSSR count). The Bertz CT molecular complexity index is 242. The lowest BCUT2D eigenvalue weighted by Crippen LogP contribution is -2.45. The molecule has 0 saturated heterocycles. The van der Waals surface area contributed by atoms with E-state index in [1.165, 1.54) is 12.8 Å². The van der Waals surface area contributed by atoms with E-state index in [9.17, 15) is 4.79 Å². The summed E-state index contributed by atoms with van der Waals surface area (Å²) in [4.78, 5) is 11.9. The van der Waals surface area contributed by atoms with Gasteiger partial charge in [0.15, 0.2) is 0 Å². The summed E-state index contributed by atoms with van der Waals surface area (Å²) in [6.07, 6.45) is 6.11. The van der Waals surface area contributed by atoms with E-state index in [2.05, 4.69) is 26.1 Å². The van der Waals surface area contributed by atoms with Crippen LogP contribution < -0.4 is 11.1 Å². The van der Waals surface area contributed by atoms with Crippen LogP contribution in [0.4, 0.5) is 0 Å². The standard InChI is InChI=1S/C14H28N2O/c1-4-6-12(15)9-14(17)16-13-8-5-7-10(2)11(13)3/h10-13H,4-9,15H2,1-3H3,(H,16,17). The van der Waals surface area contributed by atoms with Crippen molar-refractivity contribution in [2.75, 3.05) is 0 Å². The van der Waals surface area contributed by atoms with Crippen LogP contribution in [-0.2, 0) is 4.79 Å². The van der Waals surface area contributed by atoms with Gasteiger partial charge in [0.1, 0.15) is 0 Å². The number of nitrogens with one attached hydrogen (secondary N) is 1. The van der Waals surface area contributed by atoms with Crippen molar-refractivity contribution in [3.05, 3.63) is 0 Å². The molecule has 0 aromatic carbocycles. The van der Waals surface area contributed by atoms with E-state index in [0.717, 1.165) is 25.2 Å². The number of nitrogens with two attached hydrogens (primary N) is 1. The second-order valence-corrected chi connectivity index (χ2v) is 5.69. The van der Waals surface area contributed by atoms with Gasteiger partial charge in [0.2, 0.25) is 5.91 Å². The smallest absolute Gasteiger partial charge is 0.221 e. The van der Waals surface area contributed by atoms with Crippen LogP contribution in [-0.4, -0.2) is 18.0 Å². The van der Waals surface area contributed by atoms with E-state index >= 15 is 0 Å². The molecule has 0 heterocycles. The molecule has 1 fully saturated rings. The maximum Gasteiger partial charge on any atom is 0.221 e. The Labute approximate surface area is 106 Å². The quantitative estimate of drug-likeness (QED) is 0.775. The van der Waals surface area contributed by atoms with Crippen molar-refractivity contribution in [1.29, 1.82) is 0 Å². The molecule has 100 valence electrons. The lowest BCUT2D eigenvalue weighted by molar-refractivity contribution is -0.122. The molecule has 3 N–H and O–H groups in total. The average molecular weight is 240 g/mol. The third-order valence-electron chi connectivity index (χ3n) is 4.16. The van der Waals surface area contributed by atoms with Crippen LogP contribution in [0, 0.1) is 11.8 Å². The predicted octanol–water partition coefficient (Wildman–Crippen LogP) is 2.44. The number of rotatable bonds is 5. The lowest BCUT2D eigenvalue weighted by atomic mass is 9.78. The Kier molecular flexibility index (Phi) is 5.96. The molecule has 0 radical (unpaired) electrons. The van der Waals surface area contributed by atoms with E-state index in [-0.39, 0.29) is 11.9 Å². The van der Waals surface area contributed by atoms with Crippen molar-refractivity contribution >= 4 is 5.91 Å². The van der Waals surface area contributed by atoms with Gasteiger partial charge >= 0.3 is 0 Å². The van der Waals surface area contributed by atoms with Gasteiger partial charge < -0.3 is 11.1 Å². The van der Waals surface area contributed by atoms with Gasteiger partial charge in [-0.1, -0.05) is 40.0 Å². The fourth-order valence-electron chi connectivity index (χ4n) is 2.76. The van der Waals surface area contributed by atoms with Gasteiger partial charge in [-0.15, -0.1) is 0 Å². The molecule has 1 aliphatic carbocycles. The zero-order valence-electron chi connectivity index (χ0n) is 11.5. The summed E-state index contributed by atoms with van der Waals surface area (Å²) < 4.78 is 0. The minimum absolute atomic E-state index is 0.0244. The first-order valence-electron chi connectivity index (χ1n) is 7.09. The monoisotopic (exact) mass is 240 g/mol. The van der Waals surface area contributed by atoms with Crippen LogP contribution >= 0.6 is 0 Å². The van der Waals surface area contributed by atoms with Gasteiger partial charge in [-0.2, -0.15) is 0 Å². The minimum Gasteiger partial charge on any atom is -0.353 e. The largest absolute Gasteiger partial charge is 0.353 e. The molecular formula is C14H28N2O. The maximum atomic E-state index is 11.9. The summed E-state index contributed by atoms with van der Waals surface area (Å²) in [5.41, 5.74) is 5.89. The average Bonchev–Trinajstić information content (AvgIpc) is 2.25. The Balaban J connectivity index is 2.34. The Morgan fingerprint density at radius 1 is 1.41 bits per heavy atom. The van der Waals surface area contributed by atoms with Crippen molar-refractivity contribution in [2.24, 2.45) is 17.6 Å². The molecular weight excluding hydrogens is 212 g/mol. The van der Waals surface area contributed by atoms with Gasteiger partial charge in [0.05, 0.1) is 0 Å². The van der Waals surface area contributed by atoms with E-state index in [4.69, 9.17) is 5.73 Å². The van der Waals surface area contributed by atoms with E-state index in [1.807, 2.05) is 0 Å². The summed E-state index contributed by atoms with van der Waals surface area (Å²) in [7, 11) is 0.